The molecule has 6 nitrogen and oxygen atoms in total. The molecule has 0 aliphatic heterocycles. The maximum Gasteiger partial charge on any atom is 0.328 e. The van der Waals surface area contributed by atoms with Crippen molar-refractivity contribution >= 4 is 11.9 Å². The summed E-state index contributed by atoms with van der Waals surface area (Å²) in [5, 5.41) is 2.51. The third-order valence-corrected chi connectivity index (χ3v) is 2.08. The van der Waals surface area contributed by atoms with Crippen LogP contribution in [0.3, 0.4) is 0 Å². The van der Waals surface area contributed by atoms with Crippen LogP contribution < -0.4 is 5.32 Å². The lowest BCUT2D eigenvalue weighted by molar-refractivity contribution is -0.146. The molecule has 0 saturated heterocycles. The molecular formula is C10H19NO5. The lowest BCUT2D eigenvalue weighted by Crippen LogP contribution is -2.41. The van der Waals surface area contributed by atoms with Gasteiger partial charge >= 0.3 is 5.97 Å². The van der Waals surface area contributed by atoms with Crippen molar-refractivity contribution in [3.63, 3.8) is 0 Å². The molecule has 6 heteroatoms. The van der Waals surface area contributed by atoms with E-state index in [1.54, 1.807) is 0 Å². The Bertz CT molecular complexity index is 227. The minimum absolute atomic E-state index is 0.276. The van der Waals surface area contributed by atoms with Crippen molar-refractivity contribution < 1.29 is 23.8 Å². The van der Waals surface area contributed by atoms with Crippen LogP contribution in [0.5, 0.6) is 0 Å². The topological polar surface area (TPSA) is 73.9 Å². The van der Waals surface area contributed by atoms with E-state index in [2.05, 4.69) is 10.1 Å². The molecule has 1 amide bonds. The smallest absolute Gasteiger partial charge is 0.328 e. The van der Waals surface area contributed by atoms with E-state index in [4.69, 9.17) is 9.47 Å². The molecule has 94 valence electrons. The molecule has 0 heterocycles. The summed E-state index contributed by atoms with van der Waals surface area (Å²) < 4.78 is 14.5. The van der Waals surface area contributed by atoms with E-state index in [0.717, 1.165) is 0 Å². The minimum Gasteiger partial charge on any atom is -0.467 e. The number of hydrogen-bond acceptors (Lipinski definition) is 5. The number of carbonyl (C=O) groups excluding carboxylic acids is 2. The third-order valence-electron chi connectivity index (χ3n) is 2.08. The van der Waals surface area contributed by atoms with E-state index >= 15 is 0 Å². The molecule has 0 aliphatic rings. The summed E-state index contributed by atoms with van der Waals surface area (Å²) in [6.45, 7) is 1.35. The van der Waals surface area contributed by atoms with Crippen molar-refractivity contribution in [1.29, 1.82) is 0 Å². The summed E-state index contributed by atoms with van der Waals surface area (Å²) in [4.78, 5) is 22.2. The fourth-order valence-corrected chi connectivity index (χ4v) is 1.27. The Balaban J connectivity index is 4.20. The summed E-state index contributed by atoms with van der Waals surface area (Å²) in [6.07, 6.45) is 0.506. The maximum absolute atomic E-state index is 11.3. The van der Waals surface area contributed by atoms with Crippen LogP contribution in [0, 0.1) is 0 Å². The molecule has 0 aromatic rings. The first-order valence-corrected chi connectivity index (χ1v) is 4.95. The van der Waals surface area contributed by atoms with Gasteiger partial charge in [0.05, 0.1) is 7.11 Å². The van der Waals surface area contributed by atoms with Crippen molar-refractivity contribution in [2.75, 3.05) is 21.3 Å². The summed E-state index contributed by atoms with van der Waals surface area (Å²) in [7, 11) is 4.31. The summed E-state index contributed by atoms with van der Waals surface area (Å²) in [5.74, 6) is -0.747. The predicted molar refractivity (Wildman–Crippen MR) is 56.7 cm³/mol. The van der Waals surface area contributed by atoms with Gasteiger partial charge in [-0.25, -0.2) is 4.79 Å². The number of hydrogen-bond donors (Lipinski definition) is 1. The maximum atomic E-state index is 11.3. The second-order valence-corrected chi connectivity index (χ2v) is 3.25. The molecule has 0 aliphatic carbocycles. The van der Waals surface area contributed by atoms with E-state index in [1.807, 2.05) is 0 Å². The molecule has 0 saturated carbocycles. The van der Waals surface area contributed by atoms with Gasteiger partial charge in [-0.3, -0.25) is 4.79 Å². The summed E-state index contributed by atoms with van der Waals surface area (Å²) >= 11 is 0. The molecule has 0 rings (SSSR count). The quantitative estimate of drug-likeness (QED) is 0.497. The third kappa shape index (κ3) is 5.67. The monoisotopic (exact) mass is 233 g/mol. The standard InChI is InChI=1S/C10H19NO5/c1-7(12)11-8(10(13)16-4)5-6-9(14-2)15-3/h8-9H,5-6H2,1-4H3,(H,11,12). The average molecular weight is 233 g/mol. The number of rotatable bonds is 7. The number of carbonyl (C=O) groups is 2. The van der Waals surface area contributed by atoms with Crippen LogP contribution in [0.1, 0.15) is 19.8 Å². The molecule has 0 aromatic heterocycles. The molecular weight excluding hydrogens is 214 g/mol. The Morgan fingerprint density at radius 2 is 1.69 bits per heavy atom. The van der Waals surface area contributed by atoms with Crippen LogP contribution in [-0.4, -0.2) is 45.5 Å². The van der Waals surface area contributed by atoms with Crippen LogP contribution >= 0.6 is 0 Å². The van der Waals surface area contributed by atoms with Gasteiger partial charge < -0.3 is 19.5 Å². The first kappa shape index (κ1) is 14.9. The molecule has 0 fully saturated rings. The zero-order valence-corrected chi connectivity index (χ0v) is 10.1. The highest BCUT2D eigenvalue weighted by molar-refractivity contribution is 5.83. The minimum atomic E-state index is -0.657. The first-order valence-electron chi connectivity index (χ1n) is 4.95. The second kappa shape index (κ2) is 8.06. The van der Waals surface area contributed by atoms with Gasteiger partial charge in [-0.15, -0.1) is 0 Å². The zero-order valence-electron chi connectivity index (χ0n) is 10.1. The van der Waals surface area contributed by atoms with E-state index in [0.29, 0.717) is 12.8 Å². The van der Waals surface area contributed by atoms with Gasteiger partial charge in [0, 0.05) is 27.6 Å². The first-order chi connectivity index (χ1) is 7.54. The van der Waals surface area contributed by atoms with Crippen molar-refractivity contribution in [1.82, 2.24) is 5.32 Å². The van der Waals surface area contributed by atoms with Gasteiger partial charge in [0.25, 0.3) is 0 Å². The highest BCUT2D eigenvalue weighted by atomic mass is 16.7. The van der Waals surface area contributed by atoms with Gasteiger partial charge in [-0.1, -0.05) is 0 Å². The van der Waals surface area contributed by atoms with E-state index < -0.39 is 12.0 Å². The Kier molecular flexibility index (Phi) is 7.49. The van der Waals surface area contributed by atoms with E-state index in [1.165, 1.54) is 28.3 Å². The summed E-state index contributed by atoms with van der Waals surface area (Å²) in [6, 6.07) is -0.657. The molecule has 16 heavy (non-hydrogen) atoms. The molecule has 1 atom stereocenters. The van der Waals surface area contributed by atoms with Gasteiger partial charge in [0.1, 0.15) is 6.04 Å². The Morgan fingerprint density at radius 3 is 2.06 bits per heavy atom. The van der Waals surface area contributed by atoms with E-state index in [9.17, 15) is 9.59 Å². The average Bonchev–Trinajstić information content (AvgIpc) is 2.27. The van der Waals surface area contributed by atoms with Crippen LogP contribution in [0.25, 0.3) is 0 Å². The Morgan fingerprint density at radius 1 is 1.12 bits per heavy atom. The number of amides is 1. The molecule has 1 unspecified atom stereocenters. The number of methoxy groups -OCH3 is 3. The fourth-order valence-electron chi connectivity index (χ4n) is 1.27. The predicted octanol–water partition coefficient (Wildman–Crippen LogP) is 0.0632. The SMILES string of the molecule is COC(=O)C(CCC(OC)OC)NC(C)=O. The zero-order chi connectivity index (χ0) is 12.6. The molecule has 0 radical (unpaired) electrons. The Hall–Kier alpha value is -1.14. The van der Waals surface area contributed by atoms with Crippen LogP contribution in [0.2, 0.25) is 0 Å². The van der Waals surface area contributed by atoms with Crippen molar-refractivity contribution in [2.45, 2.75) is 32.1 Å². The number of nitrogens with one attached hydrogen (secondary N) is 1. The second-order valence-electron chi connectivity index (χ2n) is 3.25. The molecule has 0 spiro atoms. The molecule has 0 bridgehead atoms. The lowest BCUT2D eigenvalue weighted by atomic mass is 10.1. The van der Waals surface area contributed by atoms with Crippen molar-refractivity contribution in [3.05, 3.63) is 0 Å². The normalized spacial score (nSPS) is 12.3. The Labute approximate surface area is 95.2 Å². The van der Waals surface area contributed by atoms with Gasteiger partial charge in [-0.2, -0.15) is 0 Å². The van der Waals surface area contributed by atoms with Crippen molar-refractivity contribution in [3.8, 4) is 0 Å². The molecule has 0 aromatic carbocycles. The van der Waals surface area contributed by atoms with Gasteiger partial charge in [-0.05, 0) is 6.42 Å². The molecule has 1 N–H and O–H groups in total. The largest absolute Gasteiger partial charge is 0.467 e. The highest BCUT2D eigenvalue weighted by Gasteiger charge is 2.21. The van der Waals surface area contributed by atoms with Gasteiger partial charge in [0.15, 0.2) is 6.29 Å². The summed E-state index contributed by atoms with van der Waals surface area (Å²) in [5.41, 5.74) is 0. The number of esters is 1. The lowest BCUT2D eigenvalue weighted by Gasteiger charge is -2.18. The van der Waals surface area contributed by atoms with Crippen LogP contribution in [-0.2, 0) is 23.8 Å². The highest BCUT2D eigenvalue weighted by Crippen LogP contribution is 2.06. The van der Waals surface area contributed by atoms with Crippen molar-refractivity contribution in [2.24, 2.45) is 0 Å². The van der Waals surface area contributed by atoms with Gasteiger partial charge in [0.2, 0.25) is 5.91 Å². The van der Waals surface area contributed by atoms with Crippen LogP contribution in [0.4, 0.5) is 0 Å². The number of ether oxygens (including phenoxy) is 3. The van der Waals surface area contributed by atoms with Crippen LogP contribution in [0.15, 0.2) is 0 Å². The van der Waals surface area contributed by atoms with E-state index in [-0.39, 0.29) is 12.2 Å². The fraction of sp³-hybridized carbons (Fsp3) is 0.800.